The Kier molecular flexibility index (Phi) is 2.69. The molecule has 4 heteroatoms. The van der Waals surface area contributed by atoms with Crippen LogP contribution < -0.4 is 10.2 Å². The van der Waals surface area contributed by atoms with Crippen molar-refractivity contribution in [2.75, 3.05) is 23.8 Å². The molecule has 3 nitrogen and oxygen atoms in total. The van der Waals surface area contributed by atoms with Gasteiger partial charge in [0.15, 0.2) is 0 Å². The van der Waals surface area contributed by atoms with Gasteiger partial charge in [0.1, 0.15) is 0 Å². The van der Waals surface area contributed by atoms with Crippen molar-refractivity contribution in [2.45, 2.75) is 6.92 Å². The number of hydrogen-bond donors (Lipinski definition) is 1. The first-order chi connectivity index (χ1) is 7.09. The fraction of sp³-hybridized carbons (Fsp3) is 0.364. The summed E-state index contributed by atoms with van der Waals surface area (Å²) in [6.07, 6.45) is 0. The van der Waals surface area contributed by atoms with Gasteiger partial charge in [0.25, 0.3) is 0 Å². The summed E-state index contributed by atoms with van der Waals surface area (Å²) in [5.41, 5.74) is 1.93. The molecule has 1 unspecified atom stereocenters. The van der Waals surface area contributed by atoms with Crippen molar-refractivity contribution in [1.29, 1.82) is 0 Å². The average Bonchev–Trinajstić information content (AvgIpc) is 2.29. The van der Waals surface area contributed by atoms with Gasteiger partial charge < -0.3 is 10.2 Å². The third-order valence-electron chi connectivity index (χ3n) is 2.65. The zero-order valence-corrected chi connectivity index (χ0v) is 10.3. The number of benzene rings is 1. The summed E-state index contributed by atoms with van der Waals surface area (Å²) in [7, 11) is 2.00. The van der Waals surface area contributed by atoms with Gasteiger partial charge in [-0.25, -0.2) is 0 Å². The van der Waals surface area contributed by atoms with Gasteiger partial charge in [-0.2, -0.15) is 0 Å². The Balaban J connectivity index is 2.51. The van der Waals surface area contributed by atoms with E-state index in [0.717, 1.165) is 22.4 Å². The highest BCUT2D eigenvalue weighted by molar-refractivity contribution is 9.10. The first-order valence-corrected chi connectivity index (χ1v) is 5.69. The second-order valence-electron chi connectivity index (χ2n) is 3.90. The van der Waals surface area contributed by atoms with Crippen LogP contribution in [-0.4, -0.2) is 19.5 Å². The molecule has 2 rings (SSSR count). The van der Waals surface area contributed by atoms with E-state index < -0.39 is 0 Å². The summed E-state index contributed by atoms with van der Waals surface area (Å²) < 4.78 is 0.925. The molecule has 80 valence electrons. The second-order valence-corrected chi connectivity index (χ2v) is 4.76. The standard InChI is InChI=1S/C11H13BrN2O/c1-7-6-14(2)9-5-3-4-8(12)10(9)13-11(7)15/h3-5,7H,6H2,1-2H3,(H,13,15). The molecule has 15 heavy (non-hydrogen) atoms. The fourth-order valence-electron chi connectivity index (χ4n) is 1.79. The number of rotatable bonds is 0. The summed E-state index contributed by atoms with van der Waals surface area (Å²) in [5.74, 6) is 0.0850. The van der Waals surface area contributed by atoms with Crippen LogP contribution in [0.15, 0.2) is 22.7 Å². The Hall–Kier alpha value is -1.03. The van der Waals surface area contributed by atoms with Gasteiger partial charge in [0, 0.05) is 18.1 Å². The van der Waals surface area contributed by atoms with Crippen molar-refractivity contribution in [3.8, 4) is 0 Å². The predicted octanol–water partition coefficient (Wildman–Crippen LogP) is 2.47. The number of nitrogens with one attached hydrogen (secondary N) is 1. The highest BCUT2D eigenvalue weighted by Crippen LogP contribution is 2.35. The molecule has 1 aromatic carbocycles. The quantitative estimate of drug-likeness (QED) is 0.784. The lowest BCUT2D eigenvalue weighted by atomic mass is 10.1. The molecule has 1 N–H and O–H groups in total. The summed E-state index contributed by atoms with van der Waals surface area (Å²) in [4.78, 5) is 13.8. The van der Waals surface area contributed by atoms with Gasteiger partial charge in [-0.3, -0.25) is 4.79 Å². The fourth-order valence-corrected chi connectivity index (χ4v) is 2.25. The number of nitrogens with zero attached hydrogens (tertiary/aromatic N) is 1. The molecule has 0 saturated heterocycles. The molecule has 1 aliphatic heterocycles. The molecule has 0 aromatic heterocycles. The van der Waals surface area contributed by atoms with Gasteiger partial charge in [0.2, 0.25) is 5.91 Å². The maximum Gasteiger partial charge on any atom is 0.229 e. The van der Waals surface area contributed by atoms with E-state index >= 15 is 0 Å². The molecular weight excluding hydrogens is 256 g/mol. The van der Waals surface area contributed by atoms with Crippen LogP contribution in [0, 0.1) is 5.92 Å². The minimum absolute atomic E-state index is 0.00861. The van der Waals surface area contributed by atoms with Crippen LogP contribution in [0.4, 0.5) is 11.4 Å². The highest BCUT2D eigenvalue weighted by Gasteiger charge is 2.23. The van der Waals surface area contributed by atoms with Crippen LogP contribution in [0.25, 0.3) is 0 Å². The van der Waals surface area contributed by atoms with Gasteiger partial charge in [-0.15, -0.1) is 0 Å². The van der Waals surface area contributed by atoms with Crippen molar-refractivity contribution in [3.63, 3.8) is 0 Å². The Morgan fingerprint density at radius 1 is 1.53 bits per heavy atom. The molecule has 1 aromatic rings. The van der Waals surface area contributed by atoms with E-state index in [-0.39, 0.29) is 11.8 Å². The number of carbonyl (C=O) groups excluding carboxylic acids is 1. The molecule has 1 amide bonds. The minimum Gasteiger partial charge on any atom is -0.372 e. The SMILES string of the molecule is CC1CN(C)c2cccc(Br)c2NC1=O. The third-order valence-corrected chi connectivity index (χ3v) is 3.31. The summed E-state index contributed by atoms with van der Waals surface area (Å²) in [5, 5.41) is 2.94. The molecule has 0 saturated carbocycles. The van der Waals surface area contributed by atoms with Crippen LogP contribution in [0.5, 0.6) is 0 Å². The Morgan fingerprint density at radius 2 is 2.27 bits per heavy atom. The Bertz CT molecular complexity index is 406. The lowest BCUT2D eigenvalue weighted by molar-refractivity contribution is -0.119. The topological polar surface area (TPSA) is 32.3 Å². The average molecular weight is 269 g/mol. The number of hydrogen-bond acceptors (Lipinski definition) is 2. The Morgan fingerprint density at radius 3 is 3.00 bits per heavy atom. The summed E-state index contributed by atoms with van der Waals surface area (Å²) in [6.45, 7) is 2.68. The van der Waals surface area contributed by atoms with E-state index in [1.165, 1.54) is 0 Å². The number of para-hydroxylation sites is 1. The zero-order valence-electron chi connectivity index (χ0n) is 8.75. The molecular formula is C11H13BrN2O. The molecule has 1 heterocycles. The molecule has 0 aliphatic carbocycles. The van der Waals surface area contributed by atoms with E-state index in [4.69, 9.17) is 0 Å². The van der Waals surface area contributed by atoms with E-state index in [9.17, 15) is 4.79 Å². The third kappa shape index (κ3) is 1.86. The molecule has 0 radical (unpaired) electrons. The highest BCUT2D eigenvalue weighted by atomic mass is 79.9. The molecule has 0 bridgehead atoms. The van der Waals surface area contributed by atoms with Crippen molar-refractivity contribution in [3.05, 3.63) is 22.7 Å². The van der Waals surface area contributed by atoms with Gasteiger partial charge in [-0.05, 0) is 28.1 Å². The first-order valence-electron chi connectivity index (χ1n) is 4.90. The normalized spacial score (nSPS) is 20.6. The summed E-state index contributed by atoms with van der Waals surface area (Å²) >= 11 is 3.45. The van der Waals surface area contributed by atoms with Crippen LogP contribution in [0.3, 0.4) is 0 Å². The minimum atomic E-state index is 0.00861. The van der Waals surface area contributed by atoms with Gasteiger partial charge >= 0.3 is 0 Å². The van der Waals surface area contributed by atoms with Crippen LogP contribution in [0.1, 0.15) is 6.92 Å². The van der Waals surface area contributed by atoms with Crippen molar-refractivity contribution >= 4 is 33.2 Å². The lowest BCUT2D eigenvalue weighted by Gasteiger charge is -2.20. The smallest absolute Gasteiger partial charge is 0.229 e. The largest absolute Gasteiger partial charge is 0.372 e. The van der Waals surface area contributed by atoms with Gasteiger partial charge in [0.05, 0.1) is 17.3 Å². The molecule has 1 atom stereocenters. The van der Waals surface area contributed by atoms with E-state index in [1.807, 2.05) is 32.2 Å². The second kappa shape index (κ2) is 3.85. The maximum absolute atomic E-state index is 11.7. The van der Waals surface area contributed by atoms with Crippen molar-refractivity contribution < 1.29 is 4.79 Å². The molecule has 1 aliphatic rings. The van der Waals surface area contributed by atoms with E-state index in [1.54, 1.807) is 0 Å². The summed E-state index contributed by atoms with van der Waals surface area (Å²) in [6, 6.07) is 5.92. The van der Waals surface area contributed by atoms with Crippen molar-refractivity contribution in [2.24, 2.45) is 5.92 Å². The molecule has 0 spiro atoms. The number of halogens is 1. The number of anilines is 2. The maximum atomic E-state index is 11.7. The molecule has 0 fully saturated rings. The zero-order chi connectivity index (χ0) is 11.0. The first kappa shape index (κ1) is 10.5. The van der Waals surface area contributed by atoms with Gasteiger partial charge in [-0.1, -0.05) is 13.0 Å². The predicted molar refractivity (Wildman–Crippen MR) is 65.2 cm³/mol. The Labute approximate surface area is 97.6 Å². The van der Waals surface area contributed by atoms with Crippen LogP contribution >= 0.6 is 15.9 Å². The lowest BCUT2D eigenvalue weighted by Crippen LogP contribution is -2.27. The van der Waals surface area contributed by atoms with Crippen molar-refractivity contribution in [1.82, 2.24) is 0 Å². The monoisotopic (exact) mass is 268 g/mol. The van der Waals surface area contributed by atoms with E-state index in [0.29, 0.717) is 0 Å². The van der Waals surface area contributed by atoms with E-state index in [2.05, 4.69) is 26.1 Å². The van der Waals surface area contributed by atoms with Crippen LogP contribution in [-0.2, 0) is 4.79 Å². The number of carbonyl (C=O) groups is 1. The number of amides is 1. The van der Waals surface area contributed by atoms with Crippen LogP contribution in [0.2, 0.25) is 0 Å². The number of fused-ring (bicyclic) bond motifs is 1.